The standard InChI is InChI=1S/C8H10ClNO3S2/c1-13-7-3-2-4-10-8(7)14-5-6-15(9,11)12/h2-4H,5-6H2,1H3. The molecule has 0 amide bonds. The van der Waals surface area contributed by atoms with Gasteiger partial charge in [0.2, 0.25) is 9.05 Å². The minimum atomic E-state index is -3.43. The monoisotopic (exact) mass is 267 g/mol. The lowest BCUT2D eigenvalue weighted by atomic mass is 10.5. The number of pyridine rings is 1. The number of rotatable bonds is 5. The van der Waals surface area contributed by atoms with Crippen molar-refractivity contribution in [2.24, 2.45) is 0 Å². The van der Waals surface area contributed by atoms with Crippen molar-refractivity contribution in [1.82, 2.24) is 4.98 Å². The fourth-order valence-electron chi connectivity index (χ4n) is 0.878. The first-order chi connectivity index (χ1) is 7.03. The lowest BCUT2D eigenvalue weighted by molar-refractivity contribution is 0.401. The summed E-state index contributed by atoms with van der Waals surface area (Å²) >= 11 is 1.30. The van der Waals surface area contributed by atoms with Gasteiger partial charge in [-0.3, -0.25) is 0 Å². The van der Waals surface area contributed by atoms with E-state index in [1.54, 1.807) is 25.4 Å². The van der Waals surface area contributed by atoms with Gasteiger partial charge in [-0.2, -0.15) is 0 Å². The fraction of sp³-hybridized carbons (Fsp3) is 0.375. The van der Waals surface area contributed by atoms with Crippen LogP contribution in [0.3, 0.4) is 0 Å². The lowest BCUT2D eigenvalue weighted by Gasteiger charge is -2.05. The highest BCUT2D eigenvalue weighted by atomic mass is 35.7. The highest BCUT2D eigenvalue weighted by Gasteiger charge is 2.08. The molecule has 84 valence electrons. The SMILES string of the molecule is COc1cccnc1SCCS(=O)(=O)Cl. The van der Waals surface area contributed by atoms with E-state index < -0.39 is 9.05 Å². The average Bonchev–Trinajstić information content (AvgIpc) is 2.16. The number of hydrogen-bond acceptors (Lipinski definition) is 5. The molecule has 1 aromatic rings. The van der Waals surface area contributed by atoms with Gasteiger partial charge in [0.1, 0.15) is 5.03 Å². The smallest absolute Gasteiger partial charge is 0.233 e. The van der Waals surface area contributed by atoms with E-state index in [9.17, 15) is 8.42 Å². The molecular formula is C8H10ClNO3S2. The van der Waals surface area contributed by atoms with E-state index in [-0.39, 0.29) is 5.75 Å². The van der Waals surface area contributed by atoms with Crippen molar-refractivity contribution in [2.45, 2.75) is 5.03 Å². The zero-order chi connectivity index (χ0) is 11.3. The van der Waals surface area contributed by atoms with Crippen LogP contribution in [0.15, 0.2) is 23.4 Å². The van der Waals surface area contributed by atoms with Gasteiger partial charge in [-0.25, -0.2) is 13.4 Å². The summed E-state index contributed by atoms with van der Waals surface area (Å²) in [5.41, 5.74) is 0. The molecule has 7 heteroatoms. The molecule has 1 heterocycles. The Balaban J connectivity index is 2.58. The van der Waals surface area contributed by atoms with E-state index in [0.29, 0.717) is 16.5 Å². The largest absolute Gasteiger partial charge is 0.494 e. The Morgan fingerprint density at radius 1 is 1.60 bits per heavy atom. The number of nitrogens with zero attached hydrogens (tertiary/aromatic N) is 1. The van der Waals surface area contributed by atoms with Crippen LogP contribution in [0.5, 0.6) is 5.75 Å². The summed E-state index contributed by atoms with van der Waals surface area (Å²) in [4.78, 5) is 4.07. The summed E-state index contributed by atoms with van der Waals surface area (Å²) in [5.74, 6) is 0.910. The molecule has 0 fully saturated rings. The second-order valence-electron chi connectivity index (χ2n) is 2.60. The molecule has 4 nitrogen and oxygen atoms in total. The summed E-state index contributed by atoms with van der Waals surface area (Å²) in [6, 6.07) is 3.52. The number of methoxy groups -OCH3 is 1. The summed E-state index contributed by atoms with van der Waals surface area (Å²) in [5, 5.41) is 0.667. The Morgan fingerprint density at radius 2 is 2.33 bits per heavy atom. The van der Waals surface area contributed by atoms with E-state index in [1.165, 1.54) is 11.8 Å². The van der Waals surface area contributed by atoms with Crippen LogP contribution < -0.4 is 4.74 Å². The molecule has 15 heavy (non-hydrogen) atoms. The number of hydrogen-bond donors (Lipinski definition) is 0. The van der Waals surface area contributed by atoms with Crippen molar-refractivity contribution in [1.29, 1.82) is 0 Å². The van der Waals surface area contributed by atoms with E-state index in [2.05, 4.69) is 4.98 Å². The molecule has 0 saturated carbocycles. The van der Waals surface area contributed by atoms with Crippen LogP contribution in [-0.2, 0) is 9.05 Å². The third-order valence-corrected chi connectivity index (χ3v) is 3.92. The number of aromatic nitrogens is 1. The van der Waals surface area contributed by atoms with E-state index >= 15 is 0 Å². The molecule has 0 unspecified atom stereocenters. The minimum absolute atomic E-state index is 0.0844. The van der Waals surface area contributed by atoms with Gasteiger partial charge < -0.3 is 4.74 Å². The molecule has 0 radical (unpaired) electrons. The van der Waals surface area contributed by atoms with Crippen LogP contribution in [0.2, 0.25) is 0 Å². The average molecular weight is 268 g/mol. The van der Waals surface area contributed by atoms with Crippen LogP contribution in [0.25, 0.3) is 0 Å². The molecule has 0 N–H and O–H groups in total. The fourth-order valence-corrected chi connectivity index (χ4v) is 3.20. The van der Waals surface area contributed by atoms with Crippen molar-refractivity contribution in [3.8, 4) is 5.75 Å². The lowest BCUT2D eigenvalue weighted by Crippen LogP contribution is -2.00. The highest BCUT2D eigenvalue weighted by Crippen LogP contribution is 2.26. The van der Waals surface area contributed by atoms with Crippen molar-refractivity contribution >= 4 is 31.5 Å². The molecule has 0 aliphatic rings. The summed E-state index contributed by atoms with van der Waals surface area (Å²) < 4.78 is 26.4. The van der Waals surface area contributed by atoms with Crippen molar-refractivity contribution < 1.29 is 13.2 Å². The molecule has 0 aliphatic heterocycles. The van der Waals surface area contributed by atoms with Crippen molar-refractivity contribution in [2.75, 3.05) is 18.6 Å². The number of halogens is 1. The normalized spacial score (nSPS) is 11.3. The Labute approximate surface area is 97.4 Å². The Hall–Kier alpha value is -0.460. The maximum absolute atomic E-state index is 10.7. The molecule has 0 aromatic carbocycles. The third kappa shape index (κ3) is 4.72. The molecule has 0 aliphatic carbocycles. The first-order valence-corrected chi connectivity index (χ1v) is 7.53. The number of ether oxygens (including phenoxy) is 1. The summed E-state index contributed by atoms with van der Waals surface area (Å²) in [6.45, 7) is 0. The summed E-state index contributed by atoms with van der Waals surface area (Å²) in [7, 11) is 3.19. The Bertz CT molecular complexity index is 422. The van der Waals surface area contributed by atoms with Gasteiger partial charge in [0, 0.05) is 22.6 Å². The van der Waals surface area contributed by atoms with Gasteiger partial charge in [-0.05, 0) is 12.1 Å². The van der Waals surface area contributed by atoms with Gasteiger partial charge in [-0.15, -0.1) is 11.8 Å². The first kappa shape index (κ1) is 12.6. The minimum Gasteiger partial charge on any atom is -0.494 e. The highest BCUT2D eigenvalue weighted by molar-refractivity contribution is 8.14. The summed E-state index contributed by atoms with van der Waals surface area (Å²) in [6.07, 6.45) is 1.63. The molecule has 0 bridgehead atoms. The van der Waals surface area contributed by atoms with Gasteiger partial charge >= 0.3 is 0 Å². The van der Waals surface area contributed by atoms with Crippen LogP contribution >= 0.6 is 22.4 Å². The van der Waals surface area contributed by atoms with E-state index in [4.69, 9.17) is 15.4 Å². The predicted octanol–water partition coefficient (Wildman–Crippen LogP) is 1.75. The molecule has 1 rings (SSSR count). The third-order valence-electron chi connectivity index (χ3n) is 1.52. The molecular weight excluding hydrogens is 258 g/mol. The van der Waals surface area contributed by atoms with E-state index in [0.717, 1.165) is 0 Å². The predicted molar refractivity (Wildman–Crippen MR) is 61.2 cm³/mol. The van der Waals surface area contributed by atoms with Gasteiger partial charge in [0.15, 0.2) is 5.75 Å². The quantitative estimate of drug-likeness (QED) is 0.601. The molecule has 1 aromatic heterocycles. The van der Waals surface area contributed by atoms with Crippen molar-refractivity contribution in [3.63, 3.8) is 0 Å². The Morgan fingerprint density at radius 3 is 2.93 bits per heavy atom. The molecule has 0 saturated heterocycles. The second-order valence-corrected chi connectivity index (χ2v) is 6.58. The molecule has 0 spiro atoms. The zero-order valence-corrected chi connectivity index (χ0v) is 10.4. The van der Waals surface area contributed by atoms with Gasteiger partial charge in [-0.1, -0.05) is 0 Å². The zero-order valence-electron chi connectivity index (χ0n) is 8.01. The van der Waals surface area contributed by atoms with E-state index in [1.807, 2.05) is 0 Å². The molecule has 0 atom stereocenters. The maximum Gasteiger partial charge on any atom is 0.233 e. The topological polar surface area (TPSA) is 56.3 Å². The van der Waals surface area contributed by atoms with Crippen LogP contribution in [0.1, 0.15) is 0 Å². The van der Waals surface area contributed by atoms with Gasteiger partial charge in [0.25, 0.3) is 0 Å². The van der Waals surface area contributed by atoms with Crippen LogP contribution in [0, 0.1) is 0 Å². The van der Waals surface area contributed by atoms with Crippen LogP contribution in [-0.4, -0.2) is 32.0 Å². The first-order valence-electron chi connectivity index (χ1n) is 4.07. The Kier molecular flexibility index (Phi) is 4.69. The number of thioether (sulfide) groups is 1. The second kappa shape index (κ2) is 5.58. The van der Waals surface area contributed by atoms with Gasteiger partial charge in [0.05, 0.1) is 12.9 Å². The van der Waals surface area contributed by atoms with Crippen LogP contribution in [0.4, 0.5) is 0 Å². The van der Waals surface area contributed by atoms with Crippen molar-refractivity contribution in [3.05, 3.63) is 18.3 Å². The maximum atomic E-state index is 10.7.